The molecule has 3 aliphatic carbocycles. The molecule has 7 rings (SSSR count). The predicted octanol–water partition coefficient (Wildman–Crippen LogP) is 4.32. The lowest BCUT2D eigenvalue weighted by atomic mass is 9.61. The number of fused-ring (bicyclic) bond motifs is 4. The van der Waals surface area contributed by atoms with Gasteiger partial charge in [0.25, 0.3) is 0 Å². The van der Waals surface area contributed by atoms with Crippen molar-refractivity contribution in [3.05, 3.63) is 41.8 Å². The molecule has 0 aromatic carbocycles. The van der Waals surface area contributed by atoms with Gasteiger partial charge in [0.15, 0.2) is 5.82 Å². The molecule has 0 radical (unpaired) electrons. The second kappa shape index (κ2) is 8.18. The van der Waals surface area contributed by atoms with Crippen molar-refractivity contribution >= 4 is 34.2 Å². The van der Waals surface area contributed by atoms with Gasteiger partial charge in [-0.25, -0.2) is 19.9 Å². The maximum atomic E-state index is 12.1. The van der Waals surface area contributed by atoms with Crippen molar-refractivity contribution < 1.29 is 9.90 Å². The number of carbonyl (C=O) groups is 1. The first kappa shape index (κ1) is 20.7. The molecule has 4 aromatic rings. The summed E-state index contributed by atoms with van der Waals surface area (Å²) >= 11 is 1.36. The number of carboxylic acid groups (broad SMARTS) is 1. The predicted molar refractivity (Wildman–Crippen MR) is 127 cm³/mol. The van der Waals surface area contributed by atoms with E-state index in [4.69, 9.17) is 9.97 Å². The molecule has 3 N–H and O–H groups in total. The lowest BCUT2D eigenvalue weighted by Gasteiger charge is -2.47. The number of nitrogens with zero attached hydrogens (tertiary/aromatic N) is 5. The number of H-pyrrole nitrogens is 1. The SMILES string of the molecule is N#Cc1ccc(-c2cc(NC3C4CCC(CC4)C3C(=O)O)nc(-c3c[nH]c4ncncc34)n2)s1. The van der Waals surface area contributed by atoms with E-state index in [9.17, 15) is 15.2 Å². The quantitative estimate of drug-likeness (QED) is 0.391. The smallest absolute Gasteiger partial charge is 0.308 e. The molecular weight excluding hydrogens is 450 g/mol. The molecular formula is C24H21N7O2S. The lowest BCUT2D eigenvalue weighted by molar-refractivity contribution is -0.148. The lowest BCUT2D eigenvalue weighted by Crippen LogP contribution is -2.51. The van der Waals surface area contributed by atoms with Crippen LogP contribution in [0.2, 0.25) is 0 Å². The van der Waals surface area contributed by atoms with Gasteiger partial charge in [0.05, 0.1) is 16.5 Å². The summed E-state index contributed by atoms with van der Waals surface area (Å²) in [5.74, 6) is 0.404. The van der Waals surface area contributed by atoms with Crippen molar-refractivity contribution in [1.82, 2.24) is 24.9 Å². The van der Waals surface area contributed by atoms with Crippen LogP contribution < -0.4 is 5.32 Å². The van der Waals surface area contributed by atoms with E-state index >= 15 is 0 Å². The second-order valence-electron chi connectivity index (χ2n) is 8.93. The Morgan fingerprint density at radius 3 is 2.79 bits per heavy atom. The molecule has 10 heteroatoms. The molecule has 0 amide bonds. The fourth-order valence-electron chi connectivity index (χ4n) is 5.53. The minimum Gasteiger partial charge on any atom is -0.481 e. The minimum absolute atomic E-state index is 0.176. The van der Waals surface area contributed by atoms with Crippen LogP contribution in [-0.4, -0.2) is 42.0 Å². The molecule has 34 heavy (non-hydrogen) atoms. The summed E-state index contributed by atoms with van der Waals surface area (Å²) in [4.78, 5) is 34.7. The molecule has 2 atom stereocenters. The third kappa shape index (κ3) is 3.49. The second-order valence-corrected chi connectivity index (χ2v) is 10.0. The maximum absolute atomic E-state index is 12.1. The highest BCUT2D eigenvalue weighted by atomic mass is 32.1. The Kier molecular flexibility index (Phi) is 4.99. The van der Waals surface area contributed by atoms with Crippen molar-refractivity contribution in [2.75, 3.05) is 5.32 Å². The number of hydrogen-bond acceptors (Lipinski definition) is 8. The number of anilines is 1. The molecule has 4 heterocycles. The van der Waals surface area contributed by atoms with Gasteiger partial charge >= 0.3 is 5.97 Å². The van der Waals surface area contributed by atoms with E-state index < -0.39 is 11.9 Å². The minimum atomic E-state index is -0.743. The molecule has 0 saturated heterocycles. The average Bonchev–Trinajstić information content (AvgIpc) is 3.52. The van der Waals surface area contributed by atoms with Crippen LogP contribution in [0.3, 0.4) is 0 Å². The highest BCUT2D eigenvalue weighted by Crippen LogP contribution is 2.46. The van der Waals surface area contributed by atoms with Crippen LogP contribution in [-0.2, 0) is 4.79 Å². The summed E-state index contributed by atoms with van der Waals surface area (Å²) in [6, 6.07) is 7.50. The molecule has 2 bridgehead atoms. The number of nitrogens with one attached hydrogen (secondary N) is 2. The van der Waals surface area contributed by atoms with Gasteiger partial charge in [0.1, 0.15) is 28.7 Å². The van der Waals surface area contributed by atoms with E-state index in [1.54, 1.807) is 18.5 Å². The van der Waals surface area contributed by atoms with Crippen molar-refractivity contribution in [1.29, 1.82) is 5.26 Å². The van der Waals surface area contributed by atoms with E-state index in [0.717, 1.165) is 41.5 Å². The van der Waals surface area contributed by atoms with Crippen LogP contribution in [0, 0.1) is 29.1 Å². The molecule has 9 nitrogen and oxygen atoms in total. The van der Waals surface area contributed by atoms with Gasteiger partial charge in [-0.3, -0.25) is 4.79 Å². The van der Waals surface area contributed by atoms with Crippen LogP contribution in [0.1, 0.15) is 30.6 Å². The highest BCUT2D eigenvalue weighted by Gasteiger charge is 2.47. The molecule has 3 aliphatic rings. The zero-order chi connectivity index (χ0) is 23.2. The van der Waals surface area contributed by atoms with Crippen molar-refractivity contribution in [2.45, 2.75) is 31.7 Å². The number of thiophene rings is 1. The number of nitriles is 1. The maximum Gasteiger partial charge on any atom is 0.308 e. The molecule has 2 unspecified atom stereocenters. The first-order valence-electron chi connectivity index (χ1n) is 11.3. The zero-order valence-electron chi connectivity index (χ0n) is 18.1. The fraction of sp³-hybridized carbons (Fsp3) is 0.333. The molecule has 4 aromatic heterocycles. The standard InChI is InChI=1S/C24H21N7O2S/c25-8-14-5-6-18(34-14)17-7-19(30-21-13-3-1-12(2-4-13)20(21)24(32)33)31-23(29-17)16-10-27-22-15(16)9-26-11-28-22/h5-7,9-13,20-21H,1-4H2,(H,32,33)(H,26,27,28)(H,29,30,31). The Morgan fingerprint density at radius 1 is 1.21 bits per heavy atom. The number of aliphatic carboxylic acids is 1. The van der Waals surface area contributed by atoms with E-state index in [2.05, 4.69) is 26.3 Å². The van der Waals surface area contributed by atoms with Crippen LogP contribution in [0.25, 0.3) is 33.0 Å². The summed E-state index contributed by atoms with van der Waals surface area (Å²) in [6.07, 6.45) is 9.02. The summed E-state index contributed by atoms with van der Waals surface area (Å²) in [6.45, 7) is 0. The Morgan fingerprint density at radius 2 is 2.03 bits per heavy atom. The van der Waals surface area contributed by atoms with Crippen molar-refractivity contribution in [2.24, 2.45) is 17.8 Å². The molecule has 170 valence electrons. The largest absolute Gasteiger partial charge is 0.481 e. The first-order chi connectivity index (χ1) is 16.6. The zero-order valence-corrected chi connectivity index (χ0v) is 18.9. The van der Waals surface area contributed by atoms with Gasteiger partial charge in [0.2, 0.25) is 0 Å². The first-order valence-corrected chi connectivity index (χ1v) is 12.1. The summed E-state index contributed by atoms with van der Waals surface area (Å²) in [7, 11) is 0. The molecule has 0 spiro atoms. The Bertz CT molecular complexity index is 1430. The third-order valence-corrected chi connectivity index (χ3v) is 8.12. The Labute approximate surface area is 198 Å². The third-order valence-electron chi connectivity index (χ3n) is 7.11. The fourth-order valence-corrected chi connectivity index (χ4v) is 6.30. The van der Waals surface area contributed by atoms with Crippen LogP contribution >= 0.6 is 11.3 Å². The number of aromatic nitrogens is 5. The van der Waals surface area contributed by atoms with Gasteiger partial charge in [0, 0.05) is 35.5 Å². The Balaban J connectivity index is 1.45. The molecule has 3 fully saturated rings. The number of carboxylic acids is 1. The van der Waals surface area contributed by atoms with E-state index in [0.29, 0.717) is 33.8 Å². The van der Waals surface area contributed by atoms with Gasteiger partial charge in [-0.2, -0.15) is 5.26 Å². The van der Waals surface area contributed by atoms with Gasteiger partial charge in [-0.05, 0) is 49.7 Å². The van der Waals surface area contributed by atoms with E-state index in [1.807, 2.05) is 12.1 Å². The summed E-state index contributed by atoms with van der Waals surface area (Å²) in [5.41, 5.74) is 2.13. The summed E-state index contributed by atoms with van der Waals surface area (Å²) < 4.78 is 0. The Hall–Kier alpha value is -3.84. The van der Waals surface area contributed by atoms with Crippen molar-refractivity contribution in [3.8, 4) is 28.0 Å². The normalized spacial score (nSPS) is 23.6. The average molecular weight is 472 g/mol. The van der Waals surface area contributed by atoms with Crippen LogP contribution in [0.4, 0.5) is 5.82 Å². The van der Waals surface area contributed by atoms with Crippen molar-refractivity contribution in [3.63, 3.8) is 0 Å². The van der Waals surface area contributed by atoms with E-state index in [1.165, 1.54) is 17.7 Å². The summed E-state index contributed by atoms with van der Waals surface area (Å²) in [5, 5.41) is 23.5. The van der Waals surface area contributed by atoms with Crippen LogP contribution in [0.15, 0.2) is 36.9 Å². The van der Waals surface area contributed by atoms with Gasteiger partial charge in [-0.1, -0.05) is 0 Å². The topological polar surface area (TPSA) is 140 Å². The monoisotopic (exact) mass is 471 g/mol. The number of rotatable bonds is 5. The molecule has 0 aliphatic heterocycles. The van der Waals surface area contributed by atoms with E-state index in [-0.39, 0.29) is 12.0 Å². The van der Waals surface area contributed by atoms with Crippen LogP contribution in [0.5, 0.6) is 0 Å². The number of hydrogen-bond donors (Lipinski definition) is 3. The highest BCUT2D eigenvalue weighted by molar-refractivity contribution is 7.15. The van der Waals surface area contributed by atoms with Gasteiger partial charge in [-0.15, -0.1) is 11.3 Å². The molecule has 3 saturated carbocycles. The van der Waals surface area contributed by atoms with Gasteiger partial charge < -0.3 is 15.4 Å². The number of aromatic amines is 1.